The van der Waals surface area contributed by atoms with Crippen LogP contribution in [-0.2, 0) is 0 Å². The number of aromatic nitrogens is 2. The van der Waals surface area contributed by atoms with Gasteiger partial charge in [0, 0.05) is 31.2 Å². The van der Waals surface area contributed by atoms with Crippen LogP contribution in [0.25, 0.3) is 11.4 Å². The van der Waals surface area contributed by atoms with E-state index in [9.17, 15) is 4.79 Å². The van der Waals surface area contributed by atoms with Crippen LogP contribution in [0, 0.1) is 0 Å². The number of benzene rings is 1. The summed E-state index contributed by atoms with van der Waals surface area (Å²) < 4.78 is 5.83. The molecule has 1 amide bonds. The maximum Gasteiger partial charge on any atom is 0.266 e. The summed E-state index contributed by atoms with van der Waals surface area (Å²) in [6.07, 6.45) is 3.22. The Kier molecular flexibility index (Phi) is 4.44. The molecule has 2 aromatic heterocycles. The number of carbonyl (C=O) groups excluding carboxylic acids is 1. The van der Waals surface area contributed by atoms with Gasteiger partial charge in [0.25, 0.3) is 5.91 Å². The van der Waals surface area contributed by atoms with Crippen molar-refractivity contribution in [2.24, 2.45) is 5.84 Å². The Hall–Kier alpha value is -3.32. The van der Waals surface area contributed by atoms with Gasteiger partial charge in [-0.1, -0.05) is 0 Å². The van der Waals surface area contributed by atoms with Crippen molar-refractivity contribution in [3.05, 3.63) is 60.4 Å². The lowest BCUT2D eigenvalue weighted by Gasteiger charge is -2.07. The molecule has 24 heavy (non-hydrogen) atoms. The van der Waals surface area contributed by atoms with Crippen molar-refractivity contribution in [2.45, 2.75) is 0 Å². The Morgan fingerprint density at radius 3 is 2.67 bits per heavy atom. The summed E-state index contributed by atoms with van der Waals surface area (Å²) in [5.41, 5.74) is 4.89. The topological polar surface area (TPSA) is 105 Å². The Morgan fingerprint density at radius 2 is 1.96 bits per heavy atom. The fraction of sp³-hybridized carbons (Fsp3) is 0.0588. The molecule has 0 radical (unpaired) electrons. The average Bonchev–Trinajstić information content (AvgIpc) is 3.12. The van der Waals surface area contributed by atoms with E-state index in [1.807, 2.05) is 31.3 Å². The van der Waals surface area contributed by atoms with Crippen molar-refractivity contribution in [1.82, 2.24) is 15.4 Å². The summed E-state index contributed by atoms with van der Waals surface area (Å²) in [4.78, 5) is 18.8. The van der Waals surface area contributed by atoms with Crippen molar-refractivity contribution in [1.29, 1.82) is 0 Å². The number of pyridine rings is 1. The highest BCUT2D eigenvalue weighted by Crippen LogP contribution is 2.26. The van der Waals surface area contributed by atoms with Gasteiger partial charge in [0.1, 0.15) is 11.5 Å². The number of nitrogens with one attached hydrogen (secondary N) is 3. The van der Waals surface area contributed by atoms with Gasteiger partial charge in [0.15, 0.2) is 0 Å². The van der Waals surface area contributed by atoms with Gasteiger partial charge in [0.05, 0.1) is 17.0 Å². The van der Waals surface area contributed by atoms with E-state index in [0.717, 1.165) is 11.4 Å². The number of nitrogen functional groups attached to an aromatic ring is 1. The second-order valence-electron chi connectivity index (χ2n) is 5.03. The number of anilines is 1. The highest BCUT2D eigenvalue weighted by Gasteiger charge is 2.09. The molecule has 0 bridgehead atoms. The summed E-state index contributed by atoms with van der Waals surface area (Å²) in [5.74, 6) is 6.14. The van der Waals surface area contributed by atoms with E-state index in [0.29, 0.717) is 22.7 Å². The number of aromatic amines is 1. The fourth-order valence-corrected chi connectivity index (χ4v) is 2.20. The van der Waals surface area contributed by atoms with E-state index >= 15 is 0 Å². The number of nitrogens with zero attached hydrogens (tertiary/aromatic N) is 1. The van der Waals surface area contributed by atoms with E-state index in [1.165, 1.54) is 0 Å². The van der Waals surface area contributed by atoms with Crippen LogP contribution in [-0.4, -0.2) is 22.9 Å². The Labute approximate surface area is 138 Å². The molecule has 0 saturated heterocycles. The third-order valence-corrected chi connectivity index (χ3v) is 3.46. The molecule has 7 heteroatoms. The number of ether oxygens (including phenoxy) is 1. The lowest BCUT2D eigenvalue weighted by molar-refractivity contribution is 0.0954. The van der Waals surface area contributed by atoms with E-state index in [2.05, 4.69) is 20.7 Å². The zero-order valence-electron chi connectivity index (χ0n) is 13.0. The number of nitrogens with two attached hydrogens (primary N) is 1. The van der Waals surface area contributed by atoms with Gasteiger partial charge >= 0.3 is 0 Å². The largest absolute Gasteiger partial charge is 0.457 e. The standard InChI is InChI=1S/C17H17N5O2/c1-19-12-2-4-13(5-3-12)24-14-6-7-20-16(9-14)15-8-11(10-21-15)17(23)22-18/h2-10,19,21H,18H2,1H3,(H,22,23). The van der Waals surface area contributed by atoms with Crippen LogP contribution in [0.15, 0.2) is 54.9 Å². The third-order valence-electron chi connectivity index (χ3n) is 3.46. The monoisotopic (exact) mass is 323 g/mol. The number of rotatable bonds is 5. The van der Waals surface area contributed by atoms with Crippen LogP contribution in [0.3, 0.4) is 0 Å². The molecule has 2 heterocycles. The summed E-state index contributed by atoms with van der Waals surface area (Å²) in [6.45, 7) is 0. The van der Waals surface area contributed by atoms with Crippen molar-refractivity contribution < 1.29 is 9.53 Å². The molecule has 122 valence electrons. The number of hydrazine groups is 1. The summed E-state index contributed by atoms with van der Waals surface area (Å²) in [6, 6.07) is 12.9. The maximum atomic E-state index is 11.5. The van der Waals surface area contributed by atoms with Gasteiger partial charge < -0.3 is 15.0 Å². The van der Waals surface area contributed by atoms with Crippen molar-refractivity contribution in [2.75, 3.05) is 12.4 Å². The van der Waals surface area contributed by atoms with Gasteiger partial charge in [0.2, 0.25) is 0 Å². The highest BCUT2D eigenvalue weighted by molar-refractivity contribution is 5.94. The Balaban J connectivity index is 1.80. The lowest BCUT2D eigenvalue weighted by Crippen LogP contribution is -2.29. The normalized spacial score (nSPS) is 10.2. The molecule has 0 spiro atoms. The second-order valence-corrected chi connectivity index (χ2v) is 5.03. The number of hydrogen-bond acceptors (Lipinski definition) is 5. The molecule has 7 nitrogen and oxygen atoms in total. The first-order valence-corrected chi connectivity index (χ1v) is 7.31. The summed E-state index contributed by atoms with van der Waals surface area (Å²) in [7, 11) is 1.86. The number of carbonyl (C=O) groups is 1. The van der Waals surface area contributed by atoms with Crippen molar-refractivity contribution >= 4 is 11.6 Å². The minimum Gasteiger partial charge on any atom is -0.457 e. The Morgan fingerprint density at radius 1 is 1.17 bits per heavy atom. The second kappa shape index (κ2) is 6.84. The predicted molar refractivity (Wildman–Crippen MR) is 91.7 cm³/mol. The van der Waals surface area contributed by atoms with Gasteiger partial charge in [-0.3, -0.25) is 15.2 Å². The fourth-order valence-electron chi connectivity index (χ4n) is 2.20. The zero-order valence-corrected chi connectivity index (χ0v) is 13.0. The molecule has 0 fully saturated rings. The van der Waals surface area contributed by atoms with E-state index in [-0.39, 0.29) is 5.91 Å². The number of H-pyrrole nitrogens is 1. The molecule has 0 atom stereocenters. The van der Waals surface area contributed by atoms with Crippen molar-refractivity contribution in [3.8, 4) is 22.9 Å². The van der Waals surface area contributed by atoms with Crippen LogP contribution >= 0.6 is 0 Å². The smallest absolute Gasteiger partial charge is 0.266 e. The first-order chi connectivity index (χ1) is 11.7. The van der Waals surface area contributed by atoms with Gasteiger partial charge in [-0.15, -0.1) is 0 Å². The van der Waals surface area contributed by atoms with Crippen LogP contribution in [0.1, 0.15) is 10.4 Å². The van der Waals surface area contributed by atoms with E-state index in [1.54, 1.807) is 30.6 Å². The van der Waals surface area contributed by atoms with Gasteiger partial charge in [-0.25, -0.2) is 5.84 Å². The molecule has 0 aliphatic heterocycles. The number of amides is 1. The molecule has 3 aromatic rings. The predicted octanol–water partition coefficient (Wildman–Crippen LogP) is 2.51. The molecule has 0 aliphatic rings. The van der Waals surface area contributed by atoms with Gasteiger partial charge in [-0.2, -0.15) is 0 Å². The third kappa shape index (κ3) is 3.36. The zero-order chi connectivity index (χ0) is 16.9. The lowest BCUT2D eigenvalue weighted by atomic mass is 10.2. The first kappa shape index (κ1) is 15.6. The molecule has 0 aliphatic carbocycles. The van der Waals surface area contributed by atoms with Gasteiger partial charge in [-0.05, 0) is 36.4 Å². The molecular formula is C17H17N5O2. The SMILES string of the molecule is CNc1ccc(Oc2ccnc(-c3cc(C(=O)NN)c[nH]3)c2)cc1. The minimum absolute atomic E-state index is 0.366. The highest BCUT2D eigenvalue weighted by atomic mass is 16.5. The van der Waals surface area contributed by atoms with Crippen LogP contribution in [0.2, 0.25) is 0 Å². The molecule has 3 rings (SSSR count). The van der Waals surface area contributed by atoms with Crippen molar-refractivity contribution in [3.63, 3.8) is 0 Å². The van der Waals surface area contributed by atoms with E-state index < -0.39 is 0 Å². The van der Waals surface area contributed by atoms with Crippen LogP contribution in [0.5, 0.6) is 11.5 Å². The molecular weight excluding hydrogens is 306 g/mol. The van der Waals surface area contributed by atoms with Crippen LogP contribution in [0.4, 0.5) is 5.69 Å². The molecule has 5 N–H and O–H groups in total. The maximum absolute atomic E-state index is 11.5. The summed E-state index contributed by atoms with van der Waals surface area (Å²) in [5, 5.41) is 3.05. The quantitative estimate of drug-likeness (QED) is 0.328. The Bertz CT molecular complexity index is 842. The molecule has 1 aromatic carbocycles. The number of hydrogen-bond donors (Lipinski definition) is 4. The summed E-state index contributed by atoms with van der Waals surface area (Å²) >= 11 is 0. The first-order valence-electron chi connectivity index (χ1n) is 7.31. The van der Waals surface area contributed by atoms with Crippen LogP contribution < -0.4 is 21.3 Å². The molecule has 0 unspecified atom stereocenters. The minimum atomic E-state index is -0.366. The average molecular weight is 323 g/mol. The molecule has 0 saturated carbocycles. The van der Waals surface area contributed by atoms with E-state index in [4.69, 9.17) is 10.6 Å².